The van der Waals surface area contributed by atoms with Gasteiger partial charge in [-0.3, -0.25) is 4.79 Å². The second-order valence-corrected chi connectivity index (χ2v) is 4.04. The van der Waals surface area contributed by atoms with Crippen molar-refractivity contribution in [3.05, 3.63) is 65.0 Å². The average molecular weight is 280 g/mol. The van der Waals surface area contributed by atoms with Gasteiger partial charge in [-0.25, -0.2) is 13.2 Å². The normalized spacial score (nSPS) is 10.4. The molecular formula is C15H11F3O2. The smallest absolute Gasteiger partial charge is 0.194 e. The Balaban J connectivity index is 2.31. The Morgan fingerprint density at radius 2 is 1.55 bits per heavy atom. The average Bonchev–Trinajstić information content (AvgIpc) is 2.44. The van der Waals surface area contributed by atoms with E-state index in [4.69, 9.17) is 4.74 Å². The van der Waals surface area contributed by atoms with Crippen LogP contribution in [0.5, 0.6) is 5.75 Å². The molecule has 0 fully saturated rings. The topological polar surface area (TPSA) is 26.3 Å². The van der Waals surface area contributed by atoms with E-state index in [2.05, 4.69) is 0 Å². The molecule has 0 aliphatic rings. The standard InChI is InChI=1S/C15H11F3O2/c1-2-20-11-5-3-9(4-6-11)15(19)10-7-12(16)14(18)13(17)8-10/h3-8H,2H2,1H3. The highest BCUT2D eigenvalue weighted by atomic mass is 19.2. The van der Waals surface area contributed by atoms with Gasteiger partial charge in [0.25, 0.3) is 0 Å². The third-order valence-corrected chi connectivity index (χ3v) is 2.67. The van der Waals surface area contributed by atoms with Crippen LogP contribution in [0.4, 0.5) is 13.2 Å². The fourth-order valence-electron chi connectivity index (χ4n) is 1.72. The first-order valence-electron chi connectivity index (χ1n) is 5.95. The molecule has 0 amide bonds. The van der Waals surface area contributed by atoms with Crippen LogP contribution < -0.4 is 4.74 Å². The maximum Gasteiger partial charge on any atom is 0.194 e. The van der Waals surface area contributed by atoms with Crippen LogP contribution >= 0.6 is 0 Å². The van der Waals surface area contributed by atoms with E-state index in [1.165, 1.54) is 12.1 Å². The molecule has 0 N–H and O–H groups in total. The van der Waals surface area contributed by atoms with Crippen LogP contribution in [0.25, 0.3) is 0 Å². The first kappa shape index (κ1) is 14.1. The summed E-state index contributed by atoms with van der Waals surface area (Å²) in [6.07, 6.45) is 0. The molecule has 2 aromatic carbocycles. The highest BCUT2D eigenvalue weighted by molar-refractivity contribution is 6.09. The number of halogens is 3. The van der Waals surface area contributed by atoms with Crippen molar-refractivity contribution in [3.8, 4) is 5.75 Å². The Morgan fingerprint density at radius 3 is 2.05 bits per heavy atom. The van der Waals surface area contributed by atoms with Gasteiger partial charge in [0.05, 0.1) is 6.61 Å². The molecule has 104 valence electrons. The zero-order chi connectivity index (χ0) is 14.7. The molecule has 0 aromatic heterocycles. The Labute approximate surface area is 113 Å². The van der Waals surface area contributed by atoms with E-state index in [9.17, 15) is 18.0 Å². The van der Waals surface area contributed by atoms with E-state index in [0.717, 1.165) is 0 Å². The Hall–Kier alpha value is -2.30. The van der Waals surface area contributed by atoms with Crippen molar-refractivity contribution in [1.29, 1.82) is 0 Å². The molecule has 0 bridgehead atoms. The number of ether oxygens (including phenoxy) is 1. The number of ketones is 1. The second-order valence-electron chi connectivity index (χ2n) is 4.04. The lowest BCUT2D eigenvalue weighted by Crippen LogP contribution is -2.04. The van der Waals surface area contributed by atoms with Crippen LogP contribution in [-0.2, 0) is 0 Å². The van der Waals surface area contributed by atoms with Gasteiger partial charge in [-0.05, 0) is 43.3 Å². The first-order chi connectivity index (χ1) is 9.52. The van der Waals surface area contributed by atoms with Crippen LogP contribution in [-0.4, -0.2) is 12.4 Å². The van der Waals surface area contributed by atoms with E-state index in [1.54, 1.807) is 12.1 Å². The Morgan fingerprint density at radius 1 is 1.00 bits per heavy atom. The Bertz CT molecular complexity index is 613. The highest BCUT2D eigenvalue weighted by Crippen LogP contribution is 2.19. The number of carbonyl (C=O) groups is 1. The Kier molecular flexibility index (Phi) is 4.08. The van der Waals surface area contributed by atoms with Crippen LogP contribution in [0.15, 0.2) is 36.4 Å². The quantitative estimate of drug-likeness (QED) is 0.630. The molecule has 5 heteroatoms. The zero-order valence-corrected chi connectivity index (χ0v) is 10.6. The summed E-state index contributed by atoms with van der Waals surface area (Å²) in [6.45, 7) is 2.31. The summed E-state index contributed by atoms with van der Waals surface area (Å²) in [5, 5.41) is 0. The summed E-state index contributed by atoms with van der Waals surface area (Å²) in [4.78, 5) is 12.0. The van der Waals surface area contributed by atoms with Gasteiger partial charge >= 0.3 is 0 Å². The van der Waals surface area contributed by atoms with E-state index in [0.29, 0.717) is 24.5 Å². The summed E-state index contributed by atoms with van der Waals surface area (Å²) in [5.74, 6) is -4.38. The van der Waals surface area contributed by atoms with E-state index < -0.39 is 23.2 Å². The number of hydrogen-bond acceptors (Lipinski definition) is 2. The largest absolute Gasteiger partial charge is 0.494 e. The van der Waals surface area contributed by atoms with Gasteiger partial charge < -0.3 is 4.74 Å². The van der Waals surface area contributed by atoms with Crippen molar-refractivity contribution in [2.45, 2.75) is 6.92 Å². The van der Waals surface area contributed by atoms with Crippen molar-refractivity contribution in [2.24, 2.45) is 0 Å². The molecule has 0 saturated heterocycles. The van der Waals surface area contributed by atoms with Crippen LogP contribution in [0.2, 0.25) is 0 Å². The maximum absolute atomic E-state index is 13.1. The summed E-state index contributed by atoms with van der Waals surface area (Å²) in [6, 6.07) is 7.47. The number of rotatable bonds is 4. The van der Waals surface area contributed by atoms with E-state index in [-0.39, 0.29) is 11.1 Å². The molecule has 0 aliphatic heterocycles. The molecule has 0 unspecified atom stereocenters. The third kappa shape index (κ3) is 2.82. The van der Waals surface area contributed by atoms with Gasteiger partial charge in [0, 0.05) is 11.1 Å². The van der Waals surface area contributed by atoms with Crippen molar-refractivity contribution in [2.75, 3.05) is 6.61 Å². The fourth-order valence-corrected chi connectivity index (χ4v) is 1.72. The molecule has 2 rings (SSSR count). The number of carbonyl (C=O) groups excluding carboxylic acids is 1. The van der Waals surface area contributed by atoms with Gasteiger partial charge in [0.15, 0.2) is 23.2 Å². The van der Waals surface area contributed by atoms with Gasteiger partial charge in [-0.1, -0.05) is 0 Å². The minimum Gasteiger partial charge on any atom is -0.494 e. The predicted molar refractivity (Wildman–Crippen MR) is 67.4 cm³/mol. The fraction of sp³-hybridized carbons (Fsp3) is 0.133. The monoisotopic (exact) mass is 280 g/mol. The van der Waals surface area contributed by atoms with Crippen LogP contribution in [0, 0.1) is 17.5 Å². The van der Waals surface area contributed by atoms with Gasteiger partial charge in [-0.15, -0.1) is 0 Å². The van der Waals surface area contributed by atoms with E-state index in [1.807, 2.05) is 6.92 Å². The highest BCUT2D eigenvalue weighted by Gasteiger charge is 2.16. The number of hydrogen-bond donors (Lipinski definition) is 0. The summed E-state index contributed by atoms with van der Waals surface area (Å²) in [7, 11) is 0. The predicted octanol–water partition coefficient (Wildman–Crippen LogP) is 3.73. The van der Waals surface area contributed by atoms with Crippen molar-refractivity contribution in [1.82, 2.24) is 0 Å². The van der Waals surface area contributed by atoms with Gasteiger partial charge in [0.1, 0.15) is 5.75 Å². The van der Waals surface area contributed by atoms with Crippen LogP contribution in [0.1, 0.15) is 22.8 Å². The number of benzene rings is 2. The minimum atomic E-state index is -1.59. The zero-order valence-electron chi connectivity index (χ0n) is 10.6. The van der Waals surface area contributed by atoms with Gasteiger partial charge in [-0.2, -0.15) is 0 Å². The molecule has 0 saturated carbocycles. The second kappa shape index (κ2) is 5.77. The molecule has 2 nitrogen and oxygen atoms in total. The molecule has 0 aliphatic carbocycles. The van der Waals surface area contributed by atoms with E-state index >= 15 is 0 Å². The molecule has 0 spiro atoms. The van der Waals surface area contributed by atoms with Crippen molar-refractivity contribution in [3.63, 3.8) is 0 Å². The van der Waals surface area contributed by atoms with Gasteiger partial charge in [0.2, 0.25) is 0 Å². The lowest BCUT2D eigenvalue weighted by atomic mass is 10.0. The molecule has 2 aromatic rings. The summed E-state index contributed by atoms with van der Waals surface area (Å²) in [5.41, 5.74) is -0.00980. The lowest BCUT2D eigenvalue weighted by Gasteiger charge is -2.05. The molecule has 0 atom stereocenters. The molecule has 0 heterocycles. The summed E-state index contributed by atoms with van der Waals surface area (Å²) >= 11 is 0. The summed E-state index contributed by atoms with van der Waals surface area (Å²) < 4.78 is 44.2. The first-order valence-corrected chi connectivity index (χ1v) is 5.95. The maximum atomic E-state index is 13.1. The molecule has 20 heavy (non-hydrogen) atoms. The van der Waals surface area contributed by atoms with Crippen molar-refractivity contribution >= 4 is 5.78 Å². The SMILES string of the molecule is CCOc1ccc(C(=O)c2cc(F)c(F)c(F)c2)cc1. The third-order valence-electron chi connectivity index (χ3n) is 2.67. The molecular weight excluding hydrogens is 269 g/mol. The van der Waals surface area contributed by atoms with Crippen molar-refractivity contribution < 1.29 is 22.7 Å². The molecule has 0 radical (unpaired) electrons. The van der Waals surface area contributed by atoms with Crippen LogP contribution in [0.3, 0.4) is 0 Å². The lowest BCUT2D eigenvalue weighted by molar-refractivity contribution is 0.103. The minimum absolute atomic E-state index is 0.235.